The Kier molecular flexibility index (Phi) is 4.75. The highest BCUT2D eigenvalue weighted by Gasteiger charge is 2.19. The van der Waals surface area contributed by atoms with Crippen molar-refractivity contribution in [3.8, 4) is 5.75 Å². The van der Waals surface area contributed by atoms with E-state index in [1.165, 1.54) is 0 Å². The molecule has 1 fully saturated rings. The van der Waals surface area contributed by atoms with Crippen LogP contribution in [-0.4, -0.2) is 46.2 Å². The van der Waals surface area contributed by atoms with E-state index in [1.54, 1.807) is 22.9 Å². The minimum atomic E-state index is -0.271. The van der Waals surface area contributed by atoms with Crippen LogP contribution in [0.2, 0.25) is 0 Å². The molecule has 0 unspecified atom stereocenters. The fourth-order valence-corrected chi connectivity index (χ4v) is 2.53. The first-order chi connectivity index (χ1) is 11.2. The molecular formula is C16H20N4O3. The second-order valence-electron chi connectivity index (χ2n) is 5.50. The zero-order valence-electron chi connectivity index (χ0n) is 13.1. The number of ether oxygens (including phenoxy) is 2. The van der Waals surface area contributed by atoms with E-state index in [2.05, 4.69) is 10.3 Å². The molecule has 0 spiro atoms. The van der Waals surface area contributed by atoms with E-state index in [1.807, 2.05) is 24.3 Å². The Labute approximate surface area is 134 Å². The van der Waals surface area contributed by atoms with Crippen molar-refractivity contribution < 1.29 is 14.3 Å². The van der Waals surface area contributed by atoms with Crippen LogP contribution in [0.5, 0.6) is 5.75 Å². The van der Waals surface area contributed by atoms with Gasteiger partial charge in [0.2, 0.25) is 0 Å². The number of amides is 1. The first-order valence-electron chi connectivity index (χ1n) is 7.68. The van der Waals surface area contributed by atoms with Crippen LogP contribution >= 0.6 is 0 Å². The van der Waals surface area contributed by atoms with Gasteiger partial charge in [0.05, 0.1) is 19.9 Å². The van der Waals surface area contributed by atoms with Crippen LogP contribution in [0.1, 0.15) is 24.1 Å². The molecule has 0 radical (unpaired) electrons. The largest absolute Gasteiger partial charge is 0.497 e. The molecule has 0 N–H and O–H groups in total. The maximum absolute atomic E-state index is 11.8. The summed E-state index contributed by atoms with van der Waals surface area (Å²) >= 11 is 0. The van der Waals surface area contributed by atoms with Crippen LogP contribution in [0.4, 0.5) is 4.79 Å². The molecule has 1 aliphatic rings. The van der Waals surface area contributed by atoms with Crippen LogP contribution < -0.4 is 4.74 Å². The van der Waals surface area contributed by atoms with Gasteiger partial charge in [-0.1, -0.05) is 17.3 Å². The number of carbonyl (C=O) groups excluding carboxylic acids is 1. The Balaban J connectivity index is 1.51. The molecule has 1 aromatic heterocycles. The lowest BCUT2D eigenvalue weighted by Crippen LogP contribution is -2.28. The first-order valence-corrected chi connectivity index (χ1v) is 7.68. The van der Waals surface area contributed by atoms with Crippen LogP contribution in [0.15, 0.2) is 30.5 Å². The van der Waals surface area contributed by atoms with E-state index >= 15 is 0 Å². The van der Waals surface area contributed by atoms with Gasteiger partial charge in [-0.3, -0.25) is 0 Å². The molecule has 122 valence electrons. The Morgan fingerprint density at radius 2 is 1.96 bits per heavy atom. The topological polar surface area (TPSA) is 69.5 Å². The lowest BCUT2D eigenvalue weighted by atomic mass is 10.2. The number of nitrogens with zero attached hydrogens (tertiary/aromatic N) is 4. The second-order valence-corrected chi connectivity index (χ2v) is 5.50. The summed E-state index contributed by atoms with van der Waals surface area (Å²) in [7, 11) is 1.64. The molecule has 23 heavy (non-hydrogen) atoms. The summed E-state index contributed by atoms with van der Waals surface area (Å²) in [6.45, 7) is 2.32. The molecular weight excluding hydrogens is 296 g/mol. The minimum absolute atomic E-state index is 0.151. The third kappa shape index (κ3) is 4.00. The zero-order valence-corrected chi connectivity index (χ0v) is 13.1. The summed E-state index contributed by atoms with van der Waals surface area (Å²) in [5.74, 6) is 0.821. The lowest BCUT2D eigenvalue weighted by molar-refractivity contribution is 0.103. The molecule has 0 bridgehead atoms. The second kappa shape index (κ2) is 7.13. The summed E-state index contributed by atoms with van der Waals surface area (Å²) in [5.41, 5.74) is 1.74. The Bertz CT molecular complexity index is 648. The maximum Gasteiger partial charge on any atom is 0.410 e. The number of carbonyl (C=O) groups is 1. The fourth-order valence-electron chi connectivity index (χ4n) is 2.53. The molecule has 1 amide bonds. The van der Waals surface area contributed by atoms with Crippen molar-refractivity contribution in [1.82, 2.24) is 19.9 Å². The average Bonchev–Trinajstić information content (AvgIpc) is 3.25. The van der Waals surface area contributed by atoms with Gasteiger partial charge in [-0.25, -0.2) is 9.48 Å². The van der Waals surface area contributed by atoms with E-state index in [-0.39, 0.29) is 12.7 Å². The molecule has 1 aromatic carbocycles. The highest BCUT2D eigenvalue weighted by atomic mass is 16.6. The van der Waals surface area contributed by atoms with Gasteiger partial charge >= 0.3 is 6.09 Å². The minimum Gasteiger partial charge on any atom is -0.497 e. The number of aromatic nitrogens is 3. The van der Waals surface area contributed by atoms with E-state index in [9.17, 15) is 4.79 Å². The highest BCUT2D eigenvalue weighted by molar-refractivity contribution is 5.67. The van der Waals surface area contributed by atoms with Gasteiger partial charge in [0.1, 0.15) is 18.1 Å². The molecule has 0 atom stereocenters. The van der Waals surface area contributed by atoms with Crippen LogP contribution in [-0.2, 0) is 17.9 Å². The SMILES string of the molecule is COc1ccc(Cn2cc(COC(=O)N3CCCC3)nn2)cc1. The lowest BCUT2D eigenvalue weighted by Gasteiger charge is -2.13. The Morgan fingerprint density at radius 1 is 1.22 bits per heavy atom. The third-order valence-corrected chi connectivity index (χ3v) is 3.80. The summed E-state index contributed by atoms with van der Waals surface area (Å²) in [5, 5.41) is 8.10. The smallest absolute Gasteiger partial charge is 0.410 e. The number of hydrogen-bond donors (Lipinski definition) is 0. The van der Waals surface area contributed by atoms with Gasteiger partial charge in [-0.15, -0.1) is 5.10 Å². The van der Waals surface area contributed by atoms with Gasteiger partial charge in [0, 0.05) is 13.1 Å². The predicted molar refractivity (Wildman–Crippen MR) is 83.1 cm³/mol. The summed E-state index contributed by atoms with van der Waals surface area (Å²) in [6, 6.07) is 7.77. The van der Waals surface area contributed by atoms with Crippen molar-refractivity contribution in [2.75, 3.05) is 20.2 Å². The molecule has 0 aliphatic carbocycles. The van der Waals surface area contributed by atoms with Crippen LogP contribution in [0.25, 0.3) is 0 Å². The van der Waals surface area contributed by atoms with Crippen molar-refractivity contribution in [2.45, 2.75) is 26.0 Å². The standard InChI is InChI=1S/C16H20N4O3/c1-22-15-6-4-13(5-7-15)10-20-11-14(17-18-20)12-23-16(21)19-8-2-3-9-19/h4-7,11H,2-3,8-10,12H2,1H3. The molecule has 1 aliphatic heterocycles. The third-order valence-electron chi connectivity index (χ3n) is 3.80. The van der Waals surface area contributed by atoms with Crippen molar-refractivity contribution in [3.63, 3.8) is 0 Å². The number of hydrogen-bond acceptors (Lipinski definition) is 5. The van der Waals surface area contributed by atoms with Gasteiger partial charge < -0.3 is 14.4 Å². The van der Waals surface area contributed by atoms with Crippen molar-refractivity contribution >= 4 is 6.09 Å². The van der Waals surface area contributed by atoms with Gasteiger partial charge in [-0.2, -0.15) is 0 Å². The number of benzene rings is 1. The Hall–Kier alpha value is -2.57. The van der Waals surface area contributed by atoms with Crippen LogP contribution in [0.3, 0.4) is 0 Å². The quantitative estimate of drug-likeness (QED) is 0.844. The van der Waals surface area contributed by atoms with E-state index in [0.29, 0.717) is 12.2 Å². The van der Waals surface area contributed by atoms with Gasteiger partial charge in [-0.05, 0) is 30.5 Å². The summed E-state index contributed by atoms with van der Waals surface area (Å²) in [4.78, 5) is 13.5. The molecule has 7 heteroatoms. The van der Waals surface area contributed by atoms with Gasteiger partial charge in [0.25, 0.3) is 0 Å². The summed E-state index contributed by atoms with van der Waals surface area (Å²) < 4.78 is 12.1. The number of methoxy groups -OCH3 is 1. The molecule has 2 aromatic rings. The normalized spacial score (nSPS) is 14.0. The zero-order chi connectivity index (χ0) is 16.1. The monoisotopic (exact) mass is 316 g/mol. The average molecular weight is 316 g/mol. The summed E-state index contributed by atoms with van der Waals surface area (Å²) in [6.07, 6.45) is 3.62. The maximum atomic E-state index is 11.8. The number of rotatable bonds is 5. The van der Waals surface area contributed by atoms with E-state index in [0.717, 1.165) is 37.2 Å². The molecule has 3 rings (SSSR count). The number of likely N-dealkylation sites (tertiary alicyclic amines) is 1. The fraction of sp³-hybridized carbons (Fsp3) is 0.438. The molecule has 0 saturated carbocycles. The van der Waals surface area contributed by atoms with E-state index in [4.69, 9.17) is 9.47 Å². The van der Waals surface area contributed by atoms with Crippen molar-refractivity contribution in [3.05, 3.63) is 41.7 Å². The first kappa shape index (κ1) is 15.3. The van der Waals surface area contributed by atoms with Crippen molar-refractivity contribution in [2.24, 2.45) is 0 Å². The molecule has 7 nitrogen and oxygen atoms in total. The van der Waals surface area contributed by atoms with Gasteiger partial charge in [0.15, 0.2) is 0 Å². The highest BCUT2D eigenvalue weighted by Crippen LogP contribution is 2.13. The molecule has 1 saturated heterocycles. The van der Waals surface area contributed by atoms with Crippen LogP contribution in [0, 0.1) is 0 Å². The molecule has 2 heterocycles. The Morgan fingerprint density at radius 3 is 2.65 bits per heavy atom. The van der Waals surface area contributed by atoms with E-state index < -0.39 is 0 Å². The van der Waals surface area contributed by atoms with Crippen molar-refractivity contribution in [1.29, 1.82) is 0 Å². The predicted octanol–water partition coefficient (Wildman–Crippen LogP) is 2.07.